The molecular weight excluding hydrogens is 408 g/mol. The second kappa shape index (κ2) is 7.47. The molecule has 0 aliphatic carbocycles. The molecule has 0 bridgehead atoms. The number of carbonyl (C=O) groups is 4. The number of benzene rings is 2. The number of likely N-dealkylation sites (N-methyl/N-ethyl adjacent to an activating group) is 2. The van der Waals surface area contributed by atoms with E-state index >= 15 is 0 Å². The highest BCUT2D eigenvalue weighted by Gasteiger charge is 2.70. The standard InChI is InChI=1S/C24H26N4O4/c1-25-19(29)13-23(15-9-5-7-11-17(15)27(3)21(23)31)24(14-20(30)26-2)16-10-6-8-12-18(16)28(4)22(24)32/h5-12H,13-14H2,1-4H3,(H,25,29)(H,26,30)/t23-,24-/m1/s1. The summed E-state index contributed by atoms with van der Waals surface area (Å²) in [7, 11) is 6.25. The molecule has 0 spiro atoms. The van der Waals surface area contributed by atoms with Gasteiger partial charge in [0.2, 0.25) is 23.6 Å². The van der Waals surface area contributed by atoms with Crippen molar-refractivity contribution >= 4 is 35.0 Å². The van der Waals surface area contributed by atoms with Gasteiger partial charge in [-0.3, -0.25) is 19.2 Å². The fraction of sp³-hybridized carbons (Fsp3) is 0.333. The van der Waals surface area contributed by atoms with Crippen LogP contribution in [-0.4, -0.2) is 51.8 Å². The Hall–Kier alpha value is -3.68. The van der Waals surface area contributed by atoms with Gasteiger partial charge in [0.05, 0.1) is 0 Å². The van der Waals surface area contributed by atoms with Gasteiger partial charge in [-0.15, -0.1) is 0 Å². The molecule has 2 aliphatic rings. The zero-order valence-corrected chi connectivity index (χ0v) is 18.6. The summed E-state index contributed by atoms with van der Waals surface area (Å²) in [5.74, 6) is -1.55. The van der Waals surface area contributed by atoms with Crippen molar-refractivity contribution in [1.82, 2.24) is 10.6 Å². The fourth-order valence-electron chi connectivity index (χ4n) is 5.40. The van der Waals surface area contributed by atoms with Crippen LogP contribution in [0.5, 0.6) is 0 Å². The van der Waals surface area contributed by atoms with E-state index in [9.17, 15) is 19.2 Å². The van der Waals surface area contributed by atoms with Gasteiger partial charge in [-0.2, -0.15) is 0 Å². The van der Waals surface area contributed by atoms with Crippen molar-refractivity contribution in [2.24, 2.45) is 0 Å². The summed E-state index contributed by atoms with van der Waals surface area (Å²) < 4.78 is 0. The molecule has 0 saturated heterocycles. The molecule has 0 aromatic heterocycles. The summed E-state index contributed by atoms with van der Waals surface area (Å²) in [4.78, 5) is 56.9. The molecule has 8 nitrogen and oxygen atoms in total. The van der Waals surface area contributed by atoms with Gasteiger partial charge in [0.1, 0.15) is 10.8 Å². The van der Waals surface area contributed by atoms with Crippen LogP contribution in [0.15, 0.2) is 48.5 Å². The lowest BCUT2D eigenvalue weighted by Gasteiger charge is -2.43. The van der Waals surface area contributed by atoms with Crippen molar-refractivity contribution in [3.05, 3.63) is 59.7 Å². The second-order valence-electron chi connectivity index (χ2n) is 8.27. The van der Waals surface area contributed by atoms with Crippen LogP contribution in [0.25, 0.3) is 0 Å². The minimum absolute atomic E-state index is 0.269. The van der Waals surface area contributed by atoms with Crippen LogP contribution in [0, 0.1) is 0 Å². The maximum Gasteiger partial charge on any atom is 0.239 e. The lowest BCUT2D eigenvalue weighted by atomic mass is 9.54. The van der Waals surface area contributed by atoms with E-state index in [1.807, 2.05) is 0 Å². The van der Waals surface area contributed by atoms with Crippen LogP contribution >= 0.6 is 0 Å². The molecule has 4 rings (SSSR count). The third kappa shape index (κ3) is 2.55. The molecule has 8 heteroatoms. The van der Waals surface area contributed by atoms with Crippen LogP contribution in [0.1, 0.15) is 24.0 Å². The third-order valence-corrected chi connectivity index (χ3v) is 6.93. The molecule has 2 aromatic carbocycles. The number of amides is 4. The van der Waals surface area contributed by atoms with E-state index in [1.54, 1.807) is 62.6 Å². The highest BCUT2D eigenvalue weighted by molar-refractivity contribution is 6.20. The maximum atomic E-state index is 14.1. The molecule has 2 aromatic rings. The van der Waals surface area contributed by atoms with Crippen LogP contribution in [0.2, 0.25) is 0 Å². The third-order valence-electron chi connectivity index (χ3n) is 6.93. The number of nitrogens with zero attached hydrogens (tertiary/aromatic N) is 2. The smallest absolute Gasteiger partial charge is 0.239 e. The highest BCUT2D eigenvalue weighted by Crippen LogP contribution is 2.60. The van der Waals surface area contributed by atoms with Gasteiger partial charge in [-0.1, -0.05) is 36.4 Å². The van der Waals surface area contributed by atoms with E-state index in [-0.39, 0.29) is 36.5 Å². The predicted octanol–water partition coefficient (Wildman–Crippen LogP) is 1.09. The molecule has 32 heavy (non-hydrogen) atoms. The molecule has 2 heterocycles. The Morgan fingerprint density at radius 2 is 1.06 bits per heavy atom. The zero-order chi connectivity index (χ0) is 23.3. The molecule has 4 amide bonds. The van der Waals surface area contributed by atoms with E-state index < -0.39 is 10.8 Å². The first-order chi connectivity index (χ1) is 15.3. The Balaban J connectivity index is 2.15. The fourth-order valence-corrected chi connectivity index (χ4v) is 5.40. The molecule has 2 aliphatic heterocycles. The SMILES string of the molecule is CNC(=O)C[C@]1([C@@]2(CC(=O)NC)C(=O)N(C)c3ccccc32)C(=O)N(C)c2ccccc21. The van der Waals surface area contributed by atoms with Crippen molar-refractivity contribution < 1.29 is 19.2 Å². The van der Waals surface area contributed by atoms with Crippen molar-refractivity contribution in [1.29, 1.82) is 0 Å². The van der Waals surface area contributed by atoms with Gasteiger partial charge in [0.25, 0.3) is 0 Å². The van der Waals surface area contributed by atoms with E-state index in [0.29, 0.717) is 22.5 Å². The number of anilines is 2. The largest absolute Gasteiger partial charge is 0.359 e. The first kappa shape index (κ1) is 21.5. The first-order valence-corrected chi connectivity index (χ1v) is 10.4. The molecular formula is C24H26N4O4. The van der Waals surface area contributed by atoms with E-state index in [2.05, 4.69) is 10.6 Å². The minimum Gasteiger partial charge on any atom is -0.359 e. The molecule has 2 atom stereocenters. The summed E-state index contributed by atoms with van der Waals surface area (Å²) in [5, 5.41) is 5.21. The first-order valence-electron chi connectivity index (χ1n) is 10.4. The number of hydrogen-bond donors (Lipinski definition) is 2. The molecule has 0 radical (unpaired) electrons. The van der Waals surface area contributed by atoms with Crippen LogP contribution in [-0.2, 0) is 30.0 Å². The van der Waals surface area contributed by atoms with Crippen LogP contribution < -0.4 is 20.4 Å². The second-order valence-corrected chi connectivity index (χ2v) is 8.27. The van der Waals surface area contributed by atoms with Gasteiger partial charge in [-0.05, 0) is 23.3 Å². The van der Waals surface area contributed by atoms with E-state index in [4.69, 9.17) is 0 Å². The average molecular weight is 434 g/mol. The summed E-state index contributed by atoms with van der Waals surface area (Å²) in [6, 6.07) is 14.3. The van der Waals surface area contributed by atoms with Crippen molar-refractivity contribution in [2.75, 3.05) is 38.0 Å². The van der Waals surface area contributed by atoms with Gasteiger partial charge in [0.15, 0.2) is 0 Å². The topological polar surface area (TPSA) is 98.8 Å². The quantitative estimate of drug-likeness (QED) is 0.736. The van der Waals surface area contributed by atoms with E-state index in [1.165, 1.54) is 23.9 Å². The van der Waals surface area contributed by atoms with Crippen molar-refractivity contribution in [3.8, 4) is 0 Å². The van der Waals surface area contributed by atoms with Gasteiger partial charge >= 0.3 is 0 Å². The minimum atomic E-state index is -1.59. The normalized spacial score (nSPS) is 23.8. The highest BCUT2D eigenvalue weighted by atomic mass is 16.2. The van der Waals surface area contributed by atoms with E-state index in [0.717, 1.165) is 0 Å². The Bertz CT molecular complexity index is 1060. The zero-order valence-electron chi connectivity index (χ0n) is 18.6. The molecule has 0 saturated carbocycles. The van der Waals surface area contributed by atoms with Crippen LogP contribution in [0.4, 0.5) is 11.4 Å². The Morgan fingerprint density at radius 3 is 1.41 bits per heavy atom. The summed E-state index contributed by atoms with van der Waals surface area (Å²) in [6.07, 6.45) is -0.539. The van der Waals surface area contributed by atoms with Crippen molar-refractivity contribution in [3.63, 3.8) is 0 Å². The Morgan fingerprint density at radius 1 is 0.719 bits per heavy atom. The average Bonchev–Trinajstić information content (AvgIpc) is 3.16. The van der Waals surface area contributed by atoms with Gasteiger partial charge < -0.3 is 20.4 Å². The number of carbonyl (C=O) groups excluding carboxylic acids is 4. The van der Waals surface area contributed by atoms with Crippen molar-refractivity contribution in [2.45, 2.75) is 23.7 Å². The molecule has 0 unspecified atom stereocenters. The number of nitrogens with one attached hydrogen (secondary N) is 2. The maximum absolute atomic E-state index is 14.1. The monoisotopic (exact) mass is 434 g/mol. The predicted molar refractivity (Wildman–Crippen MR) is 120 cm³/mol. The lowest BCUT2D eigenvalue weighted by molar-refractivity contribution is -0.140. The summed E-state index contributed by atoms with van der Waals surface area (Å²) >= 11 is 0. The van der Waals surface area contributed by atoms with Gasteiger partial charge in [-0.25, -0.2) is 0 Å². The molecule has 0 fully saturated rings. The molecule has 2 N–H and O–H groups in total. The Kier molecular flexibility index (Phi) is 5.03. The summed E-state index contributed by atoms with van der Waals surface area (Å²) in [5.41, 5.74) is -0.807. The number of para-hydroxylation sites is 2. The number of fused-ring (bicyclic) bond motifs is 2. The van der Waals surface area contributed by atoms with Crippen LogP contribution in [0.3, 0.4) is 0 Å². The number of rotatable bonds is 5. The summed E-state index contributed by atoms with van der Waals surface area (Å²) in [6.45, 7) is 0. The molecule has 166 valence electrons. The van der Waals surface area contributed by atoms with Gasteiger partial charge in [0, 0.05) is 52.4 Å². The lowest BCUT2D eigenvalue weighted by Crippen LogP contribution is -2.62. The Labute approximate surface area is 186 Å². The number of hydrogen-bond acceptors (Lipinski definition) is 4.